The van der Waals surface area contributed by atoms with Crippen molar-refractivity contribution in [1.29, 1.82) is 0 Å². The fourth-order valence-corrected chi connectivity index (χ4v) is 3.47. The third kappa shape index (κ3) is 1.98. The molecule has 0 unspecified atom stereocenters. The molecule has 0 spiro atoms. The first kappa shape index (κ1) is 12.9. The summed E-state index contributed by atoms with van der Waals surface area (Å²) in [6, 6.07) is 22.7. The van der Waals surface area contributed by atoms with Gasteiger partial charge in [-0.15, -0.1) is 0 Å². The molecular formula is C18H11BrClN. The van der Waals surface area contributed by atoms with Gasteiger partial charge in [-0.25, -0.2) is 0 Å². The third-order valence-corrected chi connectivity index (χ3v) is 4.53. The highest BCUT2D eigenvalue weighted by Gasteiger charge is 2.14. The van der Waals surface area contributed by atoms with Crippen LogP contribution in [-0.4, -0.2) is 4.57 Å². The minimum Gasteiger partial charge on any atom is -0.309 e. The Morgan fingerprint density at radius 3 is 2.43 bits per heavy atom. The van der Waals surface area contributed by atoms with E-state index >= 15 is 0 Å². The maximum Gasteiger partial charge on any atom is 0.0556 e. The number of aromatic nitrogens is 1. The van der Waals surface area contributed by atoms with Crippen molar-refractivity contribution in [3.8, 4) is 5.69 Å². The molecule has 0 saturated heterocycles. The van der Waals surface area contributed by atoms with Crippen LogP contribution in [0.3, 0.4) is 0 Å². The van der Waals surface area contributed by atoms with E-state index in [1.54, 1.807) is 0 Å². The Kier molecular flexibility index (Phi) is 3.02. The average molecular weight is 357 g/mol. The van der Waals surface area contributed by atoms with E-state index in [1.807, 2.05) is 18.2 Å². The predicted octanol–water partition coefficient (Wildman–Crippen LogP) is 6.20. The van der Waals surface area contributed by atoms with Gasteiger partial charge in [0.05, 0.1) is 16.1 Å². The fourth-order valence-electron chi connectivity index (χ4n) is 2.85. The van der Waals surface area contributed by atoms with Crippen molar-refractivity contribution >= 4 is 49.3 Å². The minimum atomic E-state index is 0.787. The summed E-state index contributed by atoms with van der Waals surface area (Å²) in [4.78, 5) is 0. The number of hydrogen-bond acceptors (Lipinski definition) is 0. The number of nitrogens with zero attached hydrogens (tertiary/aromatic N) is 1. The van der Waals surface area contributed by atoms with Gasteiger partial charge >= 0.3 is 0 Å². The molecule has 0 aliphatic carbocycles. The van der Waals surface area contributed by atoms with Gasteiger partial charge < -0.3 is 4.57 Å². The second-order valence-corrected chi connectivity index (χ2v) is 6.29. The smallest absolute Gasteiger partial charge is 0.0556 e. The van der Waals surface area contributed by atoms with Crippen LogP contribution in [0.25, 0.3) is 27.5 Å². The van der Waals surface area contributed by atoms with Crippen molar-refractivity contribution in [2.45, 2.75) is 0 Å². The molecule has 3 heteroatoms. The lowest BCUT2D eigenvalue weighted by Gasteiger charge is -2.07. The largest absolute Gasteiger partial charge is 0.309 e. The van der Waals surface area contributed by atoms with Crippen molar-refractivity contribution in [3.05, 3.63) is 76.2 Å². The monoisotopic (exact) mass is 355 g/mol. The van der Waals surface area contributed by atoms with Crippen LogP contribution in [0.1, 0.15) is 0 Å². The molecule has 0 N–H and O–H groups in total. The molecule has 0 atom stereocenters. The van der Waals surface area contributed by atoms with Gasteiger partial charge in [0.15, 0.2) is 0 Å². The molecule has 0 fully saturated rings. The number of para-hydroxylation sites is 1. The number of hydrogen-bond donors (Lipinski definition) is 0. The van der Waals surface area contributed by atoms with Crippen LogP contribution < -0.4 is 0 Å². The molecule has 1 heterocycles. The fraction of sp³-hybridized carbons (Fsp3) is 0. The molecule has 0 bridgehead atoms. The van der Waals surface area contributed by atoms with Gasteiger partial charge in [0.1, 0.15) is 0 Å². The van der Waals surface area contributed by atoms with E-state index in [-0.39, 0.29) is 0 Å². The van der Waals surface area contributed by atoms with E-state index in [4.69, 9.17) is 11.6 Å². The van der Waals surface area contributed by atoms with E-state index in [9.17, 15) is 0 Å². The number of halogens is 2. The first-order chi connectivity index (χ1) is 10.3. The second kappa shape index (κ2) is 4.90. The SMILES string of the molecule is Clc1cccc2c1c1ccc(Br)cc1n2-c1ccccc1. The van der Waals surface area contributed by atoms with Crippen molar-refractivity contribution in [1.82, 2.24) is 4.57 Å². The summed E-state index contributed by atoms with van der Waals surface area (Å²) in [6.45, 7) is 0. The van der Waals surface area contributed by atoms with Gasteiger partial charge in [-0.1, -0.05) is 57.9 Å². The van der Waals surface area contributed by atoms with Crippen LogP contribution in [0.4, 0.5) is 0 Å². The molecule has 4 rings (SSSR count). The number of benzene rings is 3. The molecule has 21 heavy (non-hydrogen) atoms. The average Bonchev–Trinajstić information content (AvgIpc) is 2.82. The van der Waals surface area contributed by atoms with Crippen molar-refractivity contribution in [2.75, 3.05) is 0 Å². The van der Waals surface area contributed by atoms with Gasteiger partial charge in [-0.2, -0.15) is 0 Å². The Balaban J connectivity index is 2.26. The summed E-state index contributed by atoms with van der Waals surface area (Å²) in [6.07, 6.45) is 0. The minimum absolute atomic E-state index is 0.787. The Morgan fingerprint density at radius 2 is 1.62 bits per heavy atom. The van der Waals surface area contributed by atoms with E-state index < -0.39 is 0 Å². The first-order valence-corrected chi connectivity index (χ1v) is 7.86. The maximum absolute atomic E-state index is 6.45. The van der Waals surface area contributed by atoms with Crippen molar-refractivity contribution in [2.24, 2.45) is 0 Å². The lowest BCUT2D eigenvalue weighted by Crippen LogP contribution is -1.92. The molecule has 0 radical (unpaired) electrons. The lowest BCUT2D eigenvalue weighted by atomic mass is 10.1. The normalized spacial score (nSPS) is 11.3. The third-order valence-electron chi connectivity index (χ3n) is 3.72. The van der Waals surface area contributed by atoms with E-state index in [0.29, 0.717) is 0 Å². The van der Waals surface area contributed by atoms with Crippen LogP contribution >= 0.6 is 27.5 Å². The summed E-state index contributed by atoms with van der Waals surface area (Å²) >= 11 is 10.0. The van der Waals surface area contributed by atoms with Gasteiger partial charge in [0.25, 0.3) is 0 Å². The molecule has 0 aliphatic heterocycles. The predicted molar refractivity (Wildman–Crippen MR) is 93.5 cm³/mol. The summed E-state index contributed by atoms with van der Waals surface area (Å²) in [5, 5.41) is 3.06. The highest BCUT2D eigenvalue weighted by Crippen LogP contribution is 2.37. The van der Waals surface area contributed by atoms with Gasteiger partial charge in [0.2, 0.25) is 0 Å². The summed E-state index contributed by atoms with van der Waals surface area (Å²) in [5.74, 6) is 0. The van der Waals surface area contributed by atoms with E-state index in [0.717, 1.165) is 31.6 Å². The van der Waals surface area contributed by atoms with E-state index in [2.05, 4.69) is 69.0 Å². The number of rotatable bonds is 1. The van der Waals surface area contributed by atoms with Gasteiger partial charge in [-0.05, 0) is 36.4 Å². The van der Waals surface area contributed by atoms with Crippen LogP contribution in [0.2, 0.25) is 5.02 Å². The summed E-state index contributed by atoms with van der Waals surface area (Å²) in [5.41, 5.74) is 3.42. The van der Waals surface area contributed by atoms with Crippen LogP contribution in [-0.2, 0) is 0 Å². The standard InChI is InChI=1S/C18H11BrClN/c19-12-9-10-14-17(11-12)21(13-5-2-1-3-6-13)16-8-4-7-15(20)18(14)16/h1-11H. The molecule has 0 amide bonds. The Labute approximate surface area is 135 Å². The molecule has 0 aliphatic rings. The zero-order chi connectivity index (χ0) is 14.4. The maximum atomic E-state index is 6.45. The number of fused-ring (bicyclic) bond motifs is 3. The van der Waals surface area contributed by atoms with Gasteiger partial charge in [-0.3, -0.25) is 0 Å². The molecule has 102 valence electrons. The summed E-state index contributed by atoms with van der Waals surface area (Å²) < 4.78 is 3.31. The van der Waals surface area contributed by atoms with Crippen LogP contribution in [0, 0.1) is 0 Å². The second-order valence-electron chi connectivity index (χ2n) is 4.97. The van der Waals surface area contributed by atoms with Crippen LogP contribution in [0.15, 0.2) is 71.2 Å². The zero-order valence-corrected chi connectivity index (χ0v) is 13.4. The highest BCUT2D eigenvalue weighted by atomic mass is 79.9. The van der Waals surface area contributed by atoms with Crippen molar-refractivity contribution < 1.29 is 0 Å². The van der Waals surface area contributed by atoms with Crippen LogP contribution in [0.5, 0.6) is 0 Å². The molecule has 1 aromatic heterocycles. The Bertz CT molecular complexity index is 957. The molecular weight excluding hydrogens is 346 g/mol. The molecule has 3 aromatic carbocycles. The quantitative estimate of drug-likeness (QED) is 0.382. The topological polar surface area (TPSA) is 4.93 Å². The molecule has 1 nitrogen and oxygen atoms in total. The first-order valence-electron chi connectivity index (χ1n) is 6.69. The Hall–Kier alpha value is -1.77. The van der Waals surface area contributed by atoms with Gasteiger partial charge in [0, 0.05) is 20.9 Å². The highest BCUT2D eigenvalue weighted by molar-refractivity contribution is 9.10. The zero-order valence-electron chi connectivity index (χ0n) is 11.1. The van der Waals surface area contributed by atoms with E-state index in [1.165, 1.54) is 5.39 Å². The lowest BCUT2D eigenvalue weighted by molar-refractivity contribution is 1.18. The summed E-state index contributed by atoms with van der Waals surface area (Å²) in [7, 11) is 0. The molecule has 0 saturated carbocycles. The Morgan fingerprint density at radius 1 is 0.810 bits per heavy atom. The van der Waals surface area contributed by atoms with Crippen molar-refractivity contribution in [3.63, 3.8) is 0 Å². The molecule has 4 aromatic rings.